The van der Waals surface area contributed by atoms with E-state index < -0.39 is 11.9 Å². The highest BCUT2D eigenvalue weighted by molar-refractivity contribution is 7.16. The van der Waals surface area contributed by atoms with E-state index in [1.54, 1.807) is 43.1 Å². The molecule has 0 saturated heterocycles. The average Bonchev–Trinajstić information content (AvgIpc) is 3.10. The van der Waals surface area contributed by atoms with Crippen molar-refractivity contribution in [1.82, 2.24) is 4.57 Å². The van der Waals surface area contributed by atoms with E-state index in [1.807, 2.05) is 0 Å². The van der Waals surface area contributed by atoms with Gasteiger partial charge in [0.2, 0.25) is 0 Å². The SMILES string of the molecule is C#CCn1c(=NC(=O)c2ccccc2C(=O)OC)sc2c(OC)ccc(OC)c21. The predicted molar refractivity (Wildman–Crippen MR) is 109 cm³/mol. The van der Waals surface area contributed by atoms with E-state index in [0.29, 0.717) is 21.8 Å². The number of carbonyl (C=O) groups is 2. The van der Waals surface area contributed by atoms with Crippen LogP contribution in [-0.4, -0.2) is 37.8 Å². The summed E-state index contributed by atoms with van der Waals surface area (Å²) in [7, 11) is 4.36. The summed E-state index contributed by atoms with van der Waals surface area (Å²) < 4.78 is 18.1. The Balaban J connectivity index is 2.26. The van der Waals surface area contributed by atoms with Crippen molar-refractivity contribution >= 4 is 33.4 Å². The highest BCUT2D eigenvalue weighted by Gasteiger charge is 2.19. The lowest BCUT2D eigenvalue weighted by molar-refractivity contribution is 0.0597. The van der Waals surface area contributed by atoms with Crippen LogP contribution in [0.3, 0.4) is 0 Å². The minimum absolute atomic E-state index is 0.142. The van der Waals surface area contributed by atoms with Crippen LogP contribution in [0, 0.1) is 12.3 Å². The monoisotopic (exact) mass is 410 g/mol. The summed E-state index contributed by atoms with van der Waals surface area (Å²) in [6.45, 7) is 0.175. The molecule has 29 heavy (non-hydrogen) atoms. The molecule has 0 aliphatic heterocycles. The Morgan fingerprint density at radius 1 is 1.07 bits per heavy atom. The van der Waals surface area contributed by atoms with E-state index in [-0.39, 0.29) is 17.7 Å². The Kier molecular flexibility index (Phi) is 6.00. The van der Waals surface area contributed by atoms with Crippen molar-refractivity contribution in [3.63, 3.8) is 0 Å². The molecule has 1 heterocycles. The summed E-state index contributed by atoms with van der Waals surface area (Å²) in [5, 5.41) is 0. The standard InChI is InChI=1S/C21H18N2O5S/c1-5-12-23-17-15(26-2)10-11-16(27-3)18(17)29-21(23)22-19(24)13-8-6-7-9-14(13)20(25)28-4/h1,6-11H,12H2,2-4H3. The second-order valence-electron chi connectivity index (χ2n) is 5.78. The second-order valence-corrected chi connectivity index (χ2v) is 6.75. The number of fused-ring (bicyclic) bond motifs is 1. The maximum Gasteiger partial charge on any atom is 0.338 e. The van der Waals surface area contributed by atoms with Crippen molar-refractivity contribution < 1.29 is 23.8 Å². The molecule has 0 saturated carbocycles. The van der Waals surface area contributed by atoms with E-state index in [2.05, 4.69) is 10.9 Å². The number of ether oxygens (including phenoxy) is 3. The zero-order valence-corrected chi connectivity index (χ0v) is 16.9. The van der Waals surface area contributed by atoms with Gasteiger partial charge in [-0.15, -0.1) is 6.42 Å². The first-order valence-electron chi connectivity index (χ1n) is 8.49. The molecular formula is C21H18N2O5S. The summed E-state index contributed by atoms with van der Waals surface area (Å²) in [4.78, 5) is 29.5. The zero-order valence-electron chi connectivity index (χ0n) is 16.1. The van der Waals surface area contributed by atoms with Gasteiger partial charge in [0.05, 0.1) is 39.0 Å². The van der Waals surface area contributed by atoms with E-state index in [4.69, 9.17) is 20.6 Å². The van der Waals surface area contributed by atoms with Crippen LogP contribution in [0.25, 0.3) is 10.2 Å². The van der Waals surface area contributed by atoms with Crippen LogP contribution in [0.1, 0.15) is 20.7 Å². The summed E-state index contributed by atoms with van der Waals surface area (Å²) in [6, 6.07) is 9.88. The van der Waals surface area contributed by atoms with E-state index in [0.717, 1.165) is 4.70 Å². The molecule has 1 amide bonds. The Labute approximate surface area is 171 Å². The fourth-order valence-electron chi connectivity index (χ4n) is 2.88. The number of esters is 1. The van der Waals surface area contributed by atoms with Crippen LogP contribution in [0.5, 0.6) is 11.5 Å². The van der Waals surface area contributed by atoms with E-state index in [9.17, 15) is 9.59 Å². The van der Waals surface area contributed by atoms with Gasteiger partial charge in [-0.3, -0.25) is 4.79 Å². The minimum Gasteiger partial charge on any atom is -0.495 e. The third-order valence-electron chi connectivity index (χ3n) is 4.20. The maximum absolute atomic E-state index is 12.9. The molecule has 0 fully saturated rings. The minimum atomic E-state index is -0.611. The Morgan fingerprint density at radius 3 is 2.34 bits per heavy atom. The fraction of sp³-hybridized carbons (Fsp3) is 0.190. The number of carbonyl (C=O) groups excluding carboxylic acids is 2. The van der Waals surface area contributed by atoms with Crippen LogP contribution in [0.15, 0.2) is 41.4 Å². The lowest BCUT2D eigenvalue weighted by Crippen LogP contribution is -2.18. The van der Waals surface area contributed by atoms with Gasteiger partial charge >= 0.3 is 5.97 Å². The molecule has 0 aliphatic rings. The number of terminal acetylenes is 1. The molecule has 0 atom stereocenters. The van der Waals surface area contributed by atoms with Crippen LogP contribution in [0.4, 0.5) is 0 Å². The van der Waals surface area contributed by atoms with E-state index >= 15 is 0 Å². The zero-order chi connectivity index (χ0) is 21.0. The Hall–Kier alpha value is -3.57. The van der Waals surface area contributed by atoms with Gasteiger partial charge in [-0.2, -0.15) is 4.99 Å². The molecule has 1 aromatic heterocycles. The number of rotatable bonds is 5. The number of methoxy groups -OCH3 is 3. The van der Waals surface area contributed by atoms with Crippen molar-refractivity contribution in [3.05, 3.63) is 52.3 Å². The highest BCUT2D eigenvalue weighted by atomic mass is 32.1. The third-order valence-corrected chi connectivity index (χ3v) is 5.29. The number of aromatic nitrogens is 1. The molecule has 2 aromatic carbocycles. The normalized spacial score (nSPS) is 11.2. The molecule has 0 spiro atoms. The van der Waals surface area contributed by atoms with Crippen molar-refractivity contribution in [2.24, 2.45) is 4.99 Å². The lowest BCUT2D eigenvalue weighted by Gasteiger charge is -2.08. The Morgan fingerprint density at radius 2 is 1.72 bits per heavy atom. The molecule has 3 rings (SSSR count). The average molecular weight is 410 g/mol. The van der Waals surface area contributed by atoms with E-state index in [1.165, 1.54) is 30.6 Å². The van der Waals surface area contributed by atoms with Gasteiger partial charge in [0.15, 0.2) is 4.80 Å². The summed E-state index contributed by atoms with van der Waals surface area (Å²) in [5.41, 5.74) is 0.967. The number of amides is 1. The molecule has 0 aliphatic carbocycles. The number of benzene rings is 2. The third kappa shape index (κ3) is 3.73. The number of hydrogen-bond acceptors (Lipinski definition) is 6. The van der Waals surface area contributed by atoms with Gasteiger partial charge < -0.3 is 18.8 Å². The van der Waals surface area contributed by atoms with Crippen LogP contribution >= 0.6 is 11.3 Å². The molecule has 0 bridgehead atoms. The maximum atomic E-state index is 12.9. The van der Waals surface area contributed by atoms with Gasteiger partial charge in [-0.1, -0.05) is 29.4 Å². The lowest BCUT2D eigenvalue weighted by atomic mass is 10.1. The topological polar surface area (TPSA) is 79.1 Å². The summed E-state index contributed by atoms with van der Waals surface area (Å²) >= 11 is 1.25. The van der Waals surface area contributed by atoms with Crippen LogP contribution in [0.2, 0.25) is 0 Å². The van der Waals surface area contributed by atoms with Gasteiger partial charge in [0, 0.05) is 0 Å². The van der Waals surface area contributed by atoms with Crippen LogP contribution in [-0.2, 0) is 11.3 Å². The molecular weight excluding hydrogens is 392 g/mol. The van der Waals surface area contributed by atoms with Gasteiger partial charge in [0.1, 0.15) is 21.7 Å². The molecule has 148 valence electrons. The summed E-state index contributed by atoms with van der Waals surface area (Å²) in [5.74, 6) is 2.57. The predicted octanol–water partition coefficient (Wildman–Crippen LogP) is 2.88. The van der Waals surface area contributed by atoms with Crippen molar-refractivity contribution in [2.75, 3.05) is 21.3 Å². The van der Waals surface area contributed by atoms with Crippen molar-refractivity contribution in [1.29, 1.82) is 0 Å². The van der Waals surface area contributed by atoms with Crippen molar-refractivity contribution in [2.45, 2.75) is 6.54 Å². The number of hydrogen-bond donors (Lipinski definition) is 0. The molecule has 8 heteroatoms. The smallest absolute Gasteiger partial charge is 0.338 e. The second kappa shape index (κ2) is 8.63. The first-order valence-corrected chi connectivity index (χ1v) is 9.31. The fourth-order valence-corrected chi connectivity index (χ4v) is 4.02. The van der Waals surface area contributed by atoms with Crippen LogP contribution < -0.4 is 14.3 Å². The Bertz CT molecular complexity index is 1200. The largest absolute Gasteiger partial charge is 0.495 e. The molecule has 0 radical (unpaired) electrons. The summed E-state index contributed by atoms with van der Waals surface area (Å²) in [6.07, 6.45) is 5.54. The molecule has 0 N–H and O–H groups in total. The van der Waals surface area contributed by atoms with Crippen molar-refractivity contribution in [3.8, 4) is 23.8 Å². The van der Waals surface area contributed by atoms with Gasteiger partial charge in [0.25, 0.3) is 5.91 Å². The van der Waals surface area contributed by atoms with Gasteiger partial charge in [-0.25, -0.2) is 4.79 Å². The first kappa shape index (κ1) is 20.2. The highest BCUT2D eigenvalue weighted by Crippen LogP contribution is 2.35. The molecule has 7 nitrogen and oxygen atoms in total. The number of thiazole rings is 1. The van der Waals surface area contributed by atoms with Gasteiger partial charge in [-0.05, 0) is 24.3 Å². The molecule has 0 unspecified atom stereocenters. The molecule has 3 aromatic rings. The first-order chi connectivity index (χ1) is 14.0. The number of nitrogens with zero attached hydrogens (tertiary/aromatic N) is 2. The quantitative estimate of drug-likeness (QED) is 0.477.